The zero-order chi connectivity index (χ0) is 30.8. The summed E-state index contributed by atoms with van der Waals surface area (Å²) in [6.45, 7) is 11.3. The molecule has 0 saturated carbocycles. The number of hydrogen-bond acceptors (Lipinski definition) is 7. The first-order chi connectivity index (χ1) is 18.7. The largest absolute Gasteiger partial charge is 0.370 e. The van der Waals surface area contributed by atoms with Crippen LogP contribution in [0, 0.1) is 17.2 Å². The summed E-state index contributed by atoms with van der Waals surface area (Å²) in [6, 6.07) is -2.88. The molecule has 0 aromatic carbocycles. The Labute approximate surface area is 237 Å². The van der Waals surface area contributed by atoms with Crippen molar-refractivity contribution in [3.8, 4) is 0 Å². The van der Waals surface area contributed by atoms with Crippen LogP contribution in [0.15, 0.2) is 0 Å². The zero-order valence-electron chi connectivity index (χ0n) is 24.8. The van der Waals surface area contributed by atoms with Crippen LogP contribution in [0.4, 0.5) is 0 Å². The predicted octanol–water partition coefficient (Wildman–Crippen LogP) is -1.21. The van der Waals surface area contributed by atoms with Gasteiger partial charge in [0.25, 0.3) is 0 Å². The summed E-state index contributed by atoms with van der Waals surface area (Å²) in [7, 11) is 0. The van der Waals surface area contributed by atoms with Gasteiger partial charge in [-0.1, -0.05) is 34.6 Å². The van der Waals surface area contributed by atoms with Crippen molar-refractivity contribution in [3.63, 3.8) is 0 Å². The van der Waals surface area contributed by atoms with E-state index in [9.17, 15) is 24.0 Å². The lowest BCUT2D eigenvalue weighted by atomic mass is 10.0. The van der Waals surface area contributed by atoms with Gasteiger partial charge in [-0.3, -0.25) is 29.4 Å². The Morgan fingerprint density at radius 2 is 1.30 bits per heavy atom. The lowest BCUT2D eigenvalue weighted by molar-refractivity contribution is -0.134. The first-order valence-electron chi connectivity index (χ1n) is 13.9. The Morgan fingerprint density at radius 1 is 0.725 bits per heavy atom. The van der Waals surface area contributed by atoms with Gasteiger partial charge in [-0.05, 0) is 50.9 Å². The number of hydrogen-bond donors (Lipinski definition) is 9. The summed E-state index contributed by atoms with van der Waals surface area (Å²) in [5.74, 6) is -2.23. The highest BCUT2D eigenvalue weighted by molar-refractivity contribution is 5.95. The van der Waals surface area contributed by atoms with Gasteiger partial charge < -0.3 is 43.4 Å². The van der Waals surface area contributed by atoms with Crippen LogP contribution < -0.4 is 43.4 Å². The van der Waals surface area contributed by atoms with Crippen LogP contribution in [0.25, 0.3) is 0 Å². The average molecular weight is 570 g/mol. The van der Waals surface area contributed by atoms with Crippen LogP contribution in [0.3, 0.4) is 0 Å². The Morgan fingerprint density at radius 3 is 1.82 bits per heavy atom. The Hall–Kier alpha value is -3.42. The summed E-state index contributed by atoms with van der Waals surface area (Å²) >= 11 is 0. The topological polar surface area (TPSA) is 233 Å². The molecule has 40 heavy (non-hydrogen) atoms. The molecule has 0 spiro atoms. The number of carbonyl (C=O) groups excluding carboxylic acids is 5. The van der Waals surface area contributed by atoms with Gasteiger partial charge >= 0.3 is 0 Å². The van der Waals surface area contributed by atoms with Crippen molar-refractivity contribution in [2.45, 2.75) is 97.8 Å². The van der Waals surface area contributed by atoms with E-state index in [0.717, 1.165) is 6.42 Å². The fourth-order valence-electron chi connectivity index (χ4n) is 4.03. The Balaban J connectivity index is 5.25. The van der Waals surface area contributed by atoms with Gasteiger partial charge in [0.05, 0.1) is 13.1 Å². The molecule has 11 N–H and O–H groups in total. The molecule has 0 bridgehead atoms. The highest BCUT2D eigenvalue weighted by atomic mass is 16.2. The van der Waals surface area contributed by atoms with E-state index < -0.39 is 41.8 Å². The molecule has 0 fully saturated rings. The first-order valence-corrected chi connectivity index (χ1v) is 13.9. The minimum absolute atomic E-state index is 0.0339. The van der Waals surface area contributed by atoms with Gasteiger partial charge in [0.1, 0.15) is 18.1 Å². The molecular formula is C26H51N9O5. The van der Waals surface area contributed by atoms with Gasteiger partial charge in [0.2, 0.25) is 29.5 Å². The van der Waals surface area contributed by atoms with E-state index in [1.807, 2.05) is 20.8 Å². The van der Waals surface area contributed by atoms with E-state index in [1.165, 1.54) is 0 Å². The van der Waals surface area contributed by atoms with Gasteiger partial charge in [0, 0.05) is 12.6 Å². The third-order valence-corrected chi connectivity index (χ3v) is 5.86. The van der Waals surface area contributed by atoms with Gasteiger partial charge in [0.15, 0.2) is 5.96 Å². The van der Waals surface area contributed by atoms with Gasteiger partial charge in [-0.25, -0.2) is 0 Å². The highest BCUT2D eigenvalue weighted by Crippen LogP contribution is 2.07. The maximum atomic E-state index is 13.1. The molecule has 0 aliphatic carbocycles. The third-order valence-electron chi connectivity index (χ3n) is 5.86. The predicted molar refractivity (Wildman–Crippen MR) is 154 cm³/mol. The van der Waals surface area contributed by atoms with Crippen molar-refractivity contribution >= 4 is 35.5 Å². The van der Waals surface area contributed by atoms with Crippen molar-refractivity contribution in [2.75, 3.05) is 19.6 Å². The molecule has 5 amide bonds. The Kier molecular flexibility index (Phi) is 17.9. The summed E-state index contributed by atoms with van der Waals surface area (Å²) in [5.41, 5.74) is 10.6. The minimum Gasteiger partial charge on any atom is -0.370 e. The summed E-state index contributed by atoms with van der Waals surface area (Å²) in [6.07, 6.45) is 1.98. The zero-order valence-corrected chi connectivity index (χ0v) is 24.8. The molecule has 230 valence electrons. The van der Waals surface area contributed by atoms with Crippen molar-refractivity contribution in [3.05, 3.63) is 0 Å². The highest BCUT2D eigenvalue weighted by Gasteiger charge is 2.29. The minimum atomic E-state index is -0.970. The maximum absolute atomic E-state index is 13.1. The molecule has 0 aliphatic rings. The smallest absolute Gasteiger partial charge is 0.243 e. The van der Waals surface area contributed by atoms with Crippen molar-refractivity contribution in [2.24, 2.45) is 23.3 Å². The van der Waals surface area contributed by atoms with Gasteiger partial charge in [-0.2, -0.15) is 0 Å². The van der Waals surface area contributed by atoms with Crippen LogP contribution >= 0.6 is 0 Å². The quantitative estimate of drug-likeness (QED) is 0.0518. The number of nitrogens with two attached hydrogens (primary N) is 2. The van der Waals surface area contributed by atoms with Crippen LogP contribution in [-0.4, -0.2) is 79.3 Å². The lowest BCUT2D eigenvalue weighted by Gasteiger charge is -2.25. The van der Waals surface area contributed by atoms with E-state index >= 15 is 0 Å². The number of amides is 5. The molecular weight excluding hydrogens is 518 g/mol. The average Bonchev–Trinajstić information content (AvgIpc) is 2.85. The number of guanidine groups is 1. The first kappa shape index (κ1) is 36.6. The van der Waals surface area contributed by atoms with Crippen molar-refractivity contribution in [1.29, 1.82) is 5.41 Å². The molecule has 0 radical (unpaired) electrons. The molecule has 4 unspecified atom stereocenters. The monoisotopic (exact) mass is 569 g/mol. The molecule has 0 aromatic heterocycles. The second-order valence-corrected chi connectivity index (χ2v) is 10.8. The van der Waals surface area contributed by atoms with Crippen LogP contribution in [-0.2, 0) is 24.0 Å². The number of rotatable bonds is 19. The van der Waals surface area contributed by atoms with E-state index in [1.54, 1.807) is 6.92 Å². The maximum Gasteiger partial charge on any atom is 0.243 e. The van der Waals surface area contributed by atoms with Crippen LogP contribution in [0.2, 0.25) is 0 Å². The van der Waals surface area contributed by atoms with Crippen LogP contribution in [0.1, 0.15) is 73.6 Å². The van der Waals surface area contributed by atoms with E-state index in [0.29, 0.717) is 25.3 Å². The second kappa shape index (κ2) is 19.6. The molecule has 0 rings (SSSR count). The number of carbonyl (C=O) groups is 5. The number of nitrogens with one attached hydrogen (secondary N) is 7. The van der Waals surface area contributed by atoms with Crippen molar-refractivity contribution in [1.82, 2.24) is 31.9 Å². The molecule has 0 heterocycles. The summed E-state index contributed by atoms with van der Waals surface area (Å²) in [5, 5.41) is 23.1. The van der Waals surface area contributed by atoms with Gasteiger partial charge in [-0.15, -0.1) is 0 Å². The fraction of sp³-hybridized carbons (Fsp3) is 0.769. The normalized spacial score (nSPS) is 13.9. The summed E-state index contributed by atoms with van der Waals surface area (Å²) < 4.78 is 0. The molecule has 4 atom stereocenters. The lowest BCUT2D eigenvalue weighted by Crippen LogP contribution is -2.57. The molecule has 14 heteroatoms. The molecule has 14 nitrogen and oxygen atoms in total. The third kappa shape index (κ3) is 16.5. The second-order valence-electron chi connectivity index (χ2n) is 10.8. The molecule has 0 aliphatic heterocycles. The standard InChI is InChI=1S/C26H51N9O5/c1-7-18(34-25(40)19(33-21(36)13-27)9-8-10-30-26(28)29)24(39)35-20(12-16(4)5)23(38)31-14-22(37)32-17(6)11-15(2)3/h15-20H,7-14,27H2,1-6H3,(H,31,38)(H,32,37)(H,33,36)(H,34,40)(H,35,39)(H4,28,29,30). The van der Waals surface area contributed by atoms with E-state index in [-0.39, 0.29) is 49.8 Å². The Bertz CT molecular complexity index is 850. The van der Waals surface area contributed by atoms with Crippen LogP contribution in [0.5, 0.6) is 0 Å². The summed E-state index contributed by atoms with van der Waals surface area (Å²) in [4.78, 5) is 63.1. The van der Waals surface area contributed by atoms with E-state index in [4.69, 9.17) is 16.9 Å². The molecule has 0 aromatic rings. The molecule has 0 saturated heterocycles. The van der Waals surface area contributed by atoms with E-state index in [2.05, 4.69) is 45.7 Å². The SMILES string of the molecule is CCC(NC(=O)C(CCCNC(=N)N)NC(=O)CN)C(=O)NC(CC(C)C)C(=O)NCC(=O)NC(C)CC(C)C. The van der Waals surface area contributed by atoms with Crippen molar-refractivity contribution < 1.29 is 24.0 Å². The fourth-order valence-corrected chi connectivity index (χ4v) is 4.03.